The van der Waals surface area contributed by atoms with Gasteiger partial charge in [-0.3, -0.25) is 15.1 Å². The Hall–Kier alpha value is -3.59. The van der Waals surface area contributed by atoms with E-state index in [2.05, 4.69) is 14.7 Å². The highest BCUT2D eigenvalue weighted by atomic mass is 32.2. The molecule has 0 radical (unpaired) electrons. The Bertz CT molecular complexity index is 1190. The van der Waals surface area contributed by atoms with Crippen molar-refractivity contribution in [3.8, 4) is 0 Å². The normalized spacial score (nSPS) is 14.2. The van der Waals surface area contributed by atoms with E-state index in [0.29, 0.717) is 11.3 Å². The van der Waals surface area contributed by atoms with Gasteiger partial charge in [0.25, 0.3) is 15.7 Å². The van der Waals surface area contributed by atoms with Gasteiger partial charge in [0.2, 0.25) is 0 Å². The topological polar surface area (TPSA) is 115 Å². The van der Waals surface area contributed by atoms with Gasteiger partial charge >= 0.3 is 0 Å². The Morgan fingerprint density at radius 1 is 0.964 bits per heavy atom. The molecule has 140 valence electrons. The van der Waals surface area contributed by atoms with Crippen molar-refractivity contribution in [2.45, 2.75) is 11.3 Å². The standard InChI is InChI=1S/C19H14N4O4S/c24-23(25)16-5-6-17-18(12-16)28(26,27)22-19(17)21-15-3-1-13(2-4-15)11-14-7-9-20-10-8-14/h1-10,12H,11H2,(H,21,22). The highest BCUT2D eigenvalue weighted by Gasteiger charge is 2.31. The van der Waals surface area contributed by atoms with Gasteiger partial charge in [-0.25, -0.2) is 0 Å². The molecule has 9 heteroatoms. The van der Waals surface area contributed by atoms with Crippen molar-refractivity contribution in [3.05, 3.63) is 93.8 Å². The molecule has 0 saturated heterocycles. The maximum absolute atomic E-state index is 12.2. The largest absolute Gasteiger partial charge is 0.339 e. The first-order valence-corrected chi connectivity index (χ1v) is 9.75. The monoisotopic (exact) mass is 394 g/mol. The lowest BCUT2D eigenvalue weighted by Crippen LogP contribution is -2.11. The minimum atomic E-state index is -3.96. The summed E-state index contributed by atoms with van der Waals surface area (Å²) >= 11 is 0. The summed E-state index contributed by atoms with van der Waals surface area (Å²) in [6.07, 6.45) is 4.24. The Morgan fingerprint density at radius 3 is 2.32 bits per heavy atom. The first-order chi connectivity index (χ1) is 13.4. The summed E-state index contributed by atoms with van der Waals surface area (Å²) in [6, 6.07) is 15.1. The van der Waals surface area contributed by atoms with Crippen LogP contribution in [0.2, 0.25) is 0 Å². The molecular weight excluding hydrogens is 380 g/mol. The molecule has 28 heavy (non-hydrogen) atoms. The van der Waals surface area contributed by atoms with Gasteiger partial charge in [0, 0.05) is 35.8 Å². The maximum atomic E-state index is 12.2. The number of benzene rings is 2. The molecule has 0 aliphatic carbocycles. The molecule has 0 atom stereocenters. The molecule has 8 nitrogen and oxygen atoms in total. The number of non-ortho nitro benzene ring substituents is 1. The summed E-state index contributed by atoms with van der Waals surface area (Å²) in [4.78, 5) is 14.1. The predicted molar refractivity (Wildman–Crippen MR) is 104 cm³/mol. The van der Waals surface area contributed by atoms with Crippen LogP contribution in [-0.4, -0.2) is 24.2 Å². The Labute approximate surface area is 160 Å². The summed E-state index contributed by atoms with van der Waals surface area (Å²) in [7, 11) is -3.96. The minimum absolute atomic E-state index is 0.145. The maximum Gasteiger partial charge on any atom is 0.285 e. The third-order valence-electron chi connectivity index (χ3n) is 4.29. The second-order valence-electron chi connectivity index (χ2n) is 6.21. The van der Waals surface area contributed by atoms with Crippen molar-refractivity contribution in [1.82, 2.24) is 4.98 Å². The van der Waals surface area contributed by atoms with Crippen LogP contribution in [0.1, 0.15) is 16.7 Å². The van der Waals surface area contributed by atoms with E-state index in [1.165, 1.54) is 12.1 Å². The van der Waals surface area contributed by atoms with Gasteiger partial charge < -0.3 is 5.32 Å². The quantitative estimate of drug-likeness (QED) is 0.537. The lowest BCUT2D eigenvalue weighted by molar-refractivity contribution is -0.385. The van der Waals surface area contributed by atoms with Crippen molar-refractivity contribution >= 4 is 27.2 Å². The van der Waals surface area contributed by atoms with E-state index < -0.39 is 14.9 Å². The summed E-state index contributed by atoms with van der Waals surface area (Å²) in [5.74, 6) is 0.145. The fourth-order valence-electron chi connectivity index (χ4n) is 2.92. The smallest absolute Gasteiger partial charge is 0.285 e. The molecule has 3 aromatic rings. The number of hydrogen-bond acceptors (Lipinski definition) is 6. The second-order valence-corrected chi connectivity index (χ2v) is 7.78. The van der Waals surface area contributed by atoms with Crippen molar-refractivity contribution < 1.29 is 13.3 Å². The zero-order valence-electron chi connectivity index (χ0n) is 14.4. The lowest BCUT2D eigenvalue weighted by atomic mass is 10.1. The van der Waals surface area contributed by atoms with Crippen LogP contribution in [0.3, 0.4) is 0 Å². The van der Waals surface area contributed by atoms with E-state index in [1.807, 2.05) is 36.4 Å². The first kappa shape index (κ1) is 17.8. The predicted octanol–water partition coefficient (Wildman–Crippen LogP) is 3.14. The molecule has 2 aromatic carbocycles. The molecule has 0 fully saturated rings. The minimum Gasteiger partial charge on any atom is -0.339 e. The number of hydrogen-bond donors (Lipinski definition) is 1. The number of nitrogens with zero attached hydrogens (tertiary/aromatic N) is 3. The number of nitro groups is 1. The molecule has 0 unspecified atom stereocenters. The van der Waals surface area contributed by atoms with E-state index in [0.717, 1.165) is 23.6 Å². The molecular formula is C19H14N4O4S. The van der Waals surface area contributed by atoms with Crippen molar-refractivity contribution in [2.24, 2.45) is 4.40 Å². The van der Waals surface area contributed by atoms with Crippen molar-refractivity contribution in [1.29, 1.82) is 0 Å². The molecule has 0 amide bonds. The third kappa shape index (κ3) is 3.47. The lowest BCUT2D eigenvalue weighted by Gasteiger charge is -2.08. The van der Waals surface area contributed by atoms with Gasteiger partial charge in [-0.15, -0.1) is 4.40 Å². The average molecular weight is 394 g/mol. The summed E-state index contributed by atoms with van der Waals surface area (Å²) in [5, 5.41) is 13.9. The number of pyridine rings is 1. The van der Waals surface area contributed by atoms with E-state index >= 15 is 0 Å². The van der Waals surface area contributed by atoms with Crippen molar-refractivity contribution in [3.63, 3.8) is 0 Å². The number of amidine groups is 1. The highest BCUT2D eigenvalue weighted by molar-refractivity contribution is 7.90. The van der Waals surface area contributed by atoms with E-state index in [4.69, 9.17) is 0 Å². The Kier molecular flexibility index (Phi) is 4.36. The molecule has 1 aliphatic heterocycles. The van der Waals surface area contributed by atoms with E-state index in [1.54, 1.807) is 12.4 Å². The molecule has 2 heterocycles. The molecule has 0 spiro atoms. The SMILES string of the molecule is O=[N+]([O-])c1ccc2c(c1)S(=O)(=O)N=C2Nc1ccc(Cc2ccncc2)cc1. The summed E-state index contributed by atoms with van der Waals surface area (Å²) in [5.41, 5.74) is 2.91. The molecule has 0 saturated carbocycles. The van der Waals surface area contributed by atoms with Crippen LogP contribution in [0.4, 0.5) is 11.4 Å². The van der Waals surface area contributed by atoms with Crippen LogP contribution in [0.15, 0.2) is 76.3 Å². The second kappa shape index (κ2) is 6.86. The van der Waals surface area contributed by atoms with Crippen LogP contribution in [0, 0.1) is 10.1 Å². The molecule has 1 N–H and O–H groups in total. The number of nitro benzene ring substituents is 1. The van der Waals surface area contributed by atoms with Gasteiger partial charge in [-0.1, -0.05) is 12.1 Å². The summed E-state index contributed by atoms with van der Waals surface area (Å²) in [6.45, 7) is 0. The van der Waals surface area contributed by atoms with Crippen LogP contribution in [0.25, 0.3) is 0 Å². The van der Waals surface area contributed by atoms with E-state index in [9.17, 15) is 18.5 Å². The van der Waals surface area contributed by atoms with Crippen LogP contribution in [0.5, 0.6) is 0 Å². The zero-order valence-corrected chi connectivity index (χ0v) is 15.3. The van der Waals surface area contributed by atoms with Gasteiger partial charge in [-0.2, -0.15) is 8.42 Å². The Balaban J connectivity index is 1.56. The van der Waals surface area contributed by atoms with Gasteiger partial charge in [-0.05, 0) is 47.9 Å². The molecule has 0 bridgehead atoms. The zero-order chi connectivity index (χ0) is 19.7. The van der Waals surface area contributed by atoms with Gasteiger partial charge in [0.15, 0.2) is 5.84 Å². The fourth-order valence-corrected chi connectivity index (χ4v) is 4.12. The number of fused-ring (bicyclic) bond motifs is 1. The van der Waals surface area contributed by atoms with Crippen LogP contribution in [-0.2, 0) is 16.4 Å². The number of sulfonamides is 1. The number of anilines is 1. The molecule has 1 aromatic heterocycles. The Morgan fingerprint density at radius 2 is 1.64 bits per heavy atom. The number of nitrogens with one attached hydrogen (secondary N) is 1. The first-order valence-electron chi connectivity index (χ1n) is 8.31. The molecule has 1 aliphatic rings. The highest BCUT2D eigenvalue weighted by Crippen LogP contribution is 2.30. The van der Waals surface area contributed by atoms with Gasteiger partial charge in [0.1, 0.15) is 4.90 Å². The number of aromatic nitrogens is 1. The third-order valence-corrected chi connectivity index (χ3v) is 5.61. The van der Waals surface area contributed by atoms with Crippen LogP contribution < -0.4 is 5.32 Å². The fraction of sp³-hybridized carbons (Fsp3) is 0.0526. The average Bonchev–Trinajstić information content (AvgIpc) is 2.94. The van der Waals surface area contributed by atoms with Crippen molar-refractivity contribution in [2.75, 3.05) is 5.32 Å². The van der Waals surface area contributed by atoms with Gasteiger partial charge in [0.05, 0.1) is 4.92 Å². The van der Waals surface area contributed by atoms with Crippen LogP contribution >= 0.6 is 0 Å². The summed E-state index contributed by atoms with van der Waals surface area (Å²) < 4.78 is 28.2. The molecule has 4 rings (SSSR count). The number of rotatable bonds is 4. The van der Waals surface area contributed by atoms with E-state index in [-0.39, 0.29) is 16.4 Å².